The highest BCUT2D eigenvalue weighted by molar-refractivity contribution is 7.22. The zero-order valence-electron chi connectivity index (χ0n) is 15.4. The second-order valence-corrected chi connectivity index (χ2v) is 7.93. The van der Waals surface area contributed by atoms with Gasteiger partial charge in [-0.3, -0.25) is 4.79 Å². The van der Waals surface area contributed by atoms with Crippen LogP contribution in [0.3, 0.4) is 0 Å². The van der Waals surface area contributed by atoms with E-state index in [1.54, 1.807) is 42.5 Å². The molecule has 0 bridgehead atoms. The fourth-order valence-electron chi connectivity index (χ4n) is 2.92. The molecule has 0 spiro atoms. The Morgan fingerprint density at radius 3 is 2.89 bits per heavy atom. The Bertz CT molecular complexity index is 988. The third-order valence-electron chi connectivity index (χ3n) is 4.40. The summed E-state index contributed by atoms with van der Waals surface area (Å²) in [5.74, 6) is 0.334. The van der Waals surface area contributed by atoms with E-state index in [0.29, 0.717) is 10.8 Å². The number of ether oxygens (including phenoxy) is 2. The first-order valence-corrected chi connectivity index (χ1v) is 10.2. The zero-order chi connectivity index (χ0) is 19.5. The van der Waals surface area contributed by atoms with Crippen LogP contribution in [-0.2, 0) is 9.53 Å². The number of anilines is 2. The number of morpholine rings is 1. The minimum Gasteiger partial charge on any atom is -0.481 e. The van der Waals surface area contributed by atoms with Crippen molar-refractivity contribution in [2.45, 2.75) is 13.0 Å². The molecule has 0 unspecified atom stereocenters. The number of rotatable bonds is 5. The van der Waals surface area contributed by atoms with Crippen molar-refractivity contribution in [3.8, 4) is 5.75 Å². The van der Waals surface area contributed by atoms with Crippen molar-refractivity contribution in [2.24, 2.45) is 0 Å². The van der Waals surface area contributed by atoms with Gasteiger partial charge in [-0.2, -0.15) is 0 Å². The number of nitrogens with zero attached hydrogens (tertiary/aromatic N) is 2. The van der Waals surface area contributed by atoms with Gasteiger partial charge in [0.05, 0.1) is 23.4 Å². The number of hydrogen-bond donors (Lipinski definition) is 1. The van der Waals surface area contributed by atoms with Gasteiger partial charge in [-0.25, -0.2) is 4.98 Å². The molecule has 2 aromatic carbocycles. The van der Waals surface area contributed by atoms with Crippen LogP contribution in [0.4, 0.5) is 10.8 Å². The topological polar surface area (TPSA) is 63.7 Å². The standard InChI is InChI=1S/C20H20ClN3O3S/c1-13(27-16-4-2-3-14(21)11-16)19(25)22-15-5-6-17-18(12-15)28-20(23-17)24-7-9-26-10-8-24/h2-6,11-13H,7-10H2,1H3,(H,22,25)/t13-/m0/s1. The predicted octanol–water partition coefficient (Wildman–Crippen LogP) is 4.19. The van der Waals surface area contributed by atoms with Crippen LogP contribution >= 0.6 is 22.9 Å². The molecule has 0 aliphatic carbocycles. The maximum Gasteiger partial charge on any atom is 0.265 e. The molecular weight excluding hydrogens is 398 g/mol. The molecule has 1 aliphatic rings. The number of carbonyl (C=O) groups excluding carboxylic acids is 1. The van der Waals surface area contributed by atoms with E-state index in [4.69, 9.17) is 26.1 Å². The number of hydrogen-bond acceptors (Lipinski definition) is 6. The molecule has 28 heavy (non-hydrogen) atoms. The first kappa shape index (κ1) is 19.0. The lowest BCUT2D eigenvalue weighted by molar-refractivity contribution is -0.122. The maximum absolute atomic E-state index is 12.5. The average Bonchev–Trinajstić information content (AvgIpc) is 3.12. The summed E-state index contributed by atoms with van der Waals surface area (Å²) in [5.41, 5.74) is 1.64. The van der Waals surface area contributed by atoms with Crippen molar-refractivity contribution >= 4 is 49.9 Å². The van der Waals surface area contributed by atoms with Gasteiger partial charge < -0.3 is 19.7 Å². The molecule has 8 heteroatoms. The van der Waals surface area contributed by atoms with Crippen molar-refractivity contribution in [2.75, 3.05) is 36.5 Å². The van der Waals surface area contributed by atoms with Crippen molar-refractivity contribution in [1.82, 2.24) is 4.98 Å². The smallest absolute Gasteiger partial charge is 0.265 e. The van der Waals surface area contributed by atoms with Gasteiger partial charge in [0.25, 0.3) is 5.91 Å². The Kier molecular flexibility index (Phi) is 5.66. The summed E-state index contributed by atoms with van der Waals surface area (Å²) in [4.78, 5) is 19.4. The van der Waals surface area contributed by atoms with Gasteiger partial charge in [0.15, 0.2) is 11.2 Å². The van der Waals surface area contributed by atoms with Crippen molar-refractivity contribution in [3.05, 3.63) is 47.5 Å². The number of carbonyl (C=O) groups is 1. The molecule has 0 saturated carbocycles. The molecular formula is C20H20ClN3O3S. The molecule has 2 heterocycles. The number of fused-ring (bicyclic) bond motifs is 1. The molecule has 1 fully saturated rings. The van der Waals surface area contributed by atoms with Crippen LogP contribution < -0.4 is 15.0 Å². The van der Waals surface area contributed by atoms with E-state index >= 15 is 0 Å². The largest absolute Gasteiger partial charge is 0.481 e. The quantitative estimate of drug-likeness (QED) is 0.674. The van der Waals surface area contributed by atoms with Crippen LogP contribution in [0.15, 0.2) is 42.5 Å². The molecule has 0 radical (unpaired) electrons. The summed E-state index contributed by atoms with van der Waals surface area (Å²) in [6, 6.07) is 12.7. The maximum atomic E-state index is 12.5. The van der Waals surface area contributed by atoms with Gasteiger partial charge in [0, 0.05) is 23.8 Å². The molecule has 1 aliphatic heterocycles. The molecule has 1 amide bonds. The van der Waals surface area contributed by atoms with Crippen LogP contribution in [0.25, 0.3) is 10.2 Å². The minimum absolute atomic E-state index is 0.225. The van der Waals surface area contributed by atoms with Crippen molar-refractivity contribution in [3.63, 3.8) is 0 Å². The fourth-order valence-corrected chi connectivity index (χ4v) is 4.16. The Labute approximate surface area is 172 Å². The molecule has 1 atom stereocenters. The molecule has 146 valence electrons. The molecule has 6 nitrogen and oxygen atoms in total. The van der Waals surface area contributed by atoms with Gasteiger partial charge in [0.2, 0.25) is 0 Å². The van der Waals surface area contributed by atoms with Gasteiger partial charge in [-0.1, -0.05) is 29.0 Å². The van der Waals surface area contributed by atoms with E-state index in [0.717, 1.165) is 47.3 Å². The van der Waals surface area contributed by atoms with Gasteiger partial charge in [-0.05, 0) is 43.3 Å². The lowest BCUT2D eigenvalue weighted by Crippen LogP contribution is -2.36. The summed E-state index contributed by atoms with van der Waals surface area (Å²) >= 11 is 7.58. The molecule has 1 aromatic heterocycles. The van der Waals surface area contributed by atoms with Gasteiger partial charge in [-0.15, -0.1) is 0 Å². The van der Waals surface area contributed by atoms with Gasteiger partial charge >= 0.3 is 0 Å². The monoisotopic (exact) mass is 417 g/mol. The number of amides is 1. The number of halogens is 1. The third-order valence-corrected chi connectivity index (χ3v) is 5.72. The van der Waals surface area contributed by atoms with Gasteiger partial charge in [0.1, 0.15) is 5.75 Å². The normalized spacial score (nSPS) is 15.4. The first-order valence-electron chi connectivity index (χ1n) is 9.05. The van der Waals surface area contributed by atoms with E-state index in [2.05, 4.69) is 10.2 Å². The van der Waals surface area contributed by atoms with Crippen LogP contribution in [0.5, 0.6) is 5.75 Å². The lowest BCUT2D eigenvalue weighted by Gasteiger charge is -2.25. The zero-order valence-corrected chi connectivity index (χ0v) is 16.9. The summed E-state index contributed by atoms with van der Waals surface area (Å²) in [6.07, 6.45) is -0.653. The molecule has 3 aromatic rings. The van der Waals surface area contributed by atoms with E-state index in [9.17, 15) is 4.79 Å². The highest BCUT2D eigenvalue weighted by Crippen LogP contribution is 2.31. The SMILES string of the molecule is C[C@H](Oc1cccc(Cl)c1)C(=O)Nc1ccc2nc(N3CCOCC3)sc2c1. The van der Waals surface area contributed by atoms with Crippen LogP contribution in [0, 0.1) is 0 Å². The van der Waals surface area contributed by atoms with Crippen molar-refractivity contribution in [1.29, 1.82) is 0 Å². The summed E-state index contributed by atoms with van der Waals surface area (Å²) in [6.45, 7) is 4.85. The summed E-state index contributed by atoms with van der Waals surface area (Å²) < 4.78 is 12.1. The molecule has 1 saturated heterocycles. The number of thiazole rings is 1. The Balaban J connectivity index is 1.44. The summed E-state index contributed by atoms with van der Waals surface area (Å²) in [5, 5.41) is 4.46. The Morgan fingerprint density at radius 1 is 1.29 bits per heavy atom. The fraction of sp³-hybridized carbons (Fsp3) is 0.300. The minimum atomic E-state index is -0.653. The van der Waals surface area contributed by atoms with E-state index < -0.39 is 6.10 Å². The number of benzene rings is 2. The first-order chi connectivity index (χ1) is 13.6. The van der Waals surface area contributed by atoms with Crippen LogP contribution in [-0.4, -0.2) is 43.3 Å². The Hall–Kier alpha value is -2.35. The highest BCUT2D eigenvalue weighted by atomic mass is 35.5. The molecule has 4 rings (SSSR count). The van der Waals surface area contributed by atoms with Crippen molar-refractivity contribution < 1.29 is 14.3 Å². The van der Waals surface area contributed by atoms with Crippen LogP contribution in [0.2, 0.25) is 5.02 Å². The summed E-state index contributed by atoms with van der Waals surface area (Å²) in [7, 11) is 0. The van der Waals surface area contributed by atoms with E-state index in [1.807, 2.05) is 18.2 Å². The second kappa shape index (κ2) is 8.34. The number of nitrogens with one attached hydrogen (secondary N) is 1. The number of aromatic nitrogens is 1. The highest BCUT2D eigenvalue weighted by Gasteiger charge is 2.18. The lowest BCUT2D eigenvalue weighted by atomic mass is 10.2. The average molecular weight is 418 g/mol. The Morgan fingerprint density at radius 2 is 2.11 bits per heavy atom. The van der Waals surface area contributed by atoms with Crippen LogP contribution in [0.1, 0.15) is 6.92 Å². The van der Waals surface area contributed by atoms with E-state index in [-0.39, 0.29) is 5.91 Å². The second-order valence-electron chi connectivity index (χ2n) is 6.49. The third kappa shape index (κ3) is 4.38. The van der Waals surface area contributed by atoms with E-state index in [1.165, 1.54) is 0 Å². The molecule has 1 N–H and O–H groups in total. The predicted molar refractivity (Wildman–Crippen MR) is 113 cm³/mol.